The molecule has 0 heterocycles. The van der Waals surface area contributed by atoms with E-state index in [-0.39, 0.29) is 18.3 Å². The Kier molecular flexibility index (Phi) is 3.14. The molecule has 3 nitrogen and oxygen atoms in total. The maximum Gasteiger partial charge on any atom is 0.302 e. The first kappa shape index (κ1) is 9.86. The fourth-order valence-corrected chi connectivity index (χ4v) is 1.15. The van der Waals surface area contributed by atoms with Crippen molar-refractivity contribution in [1.29, 1.82) is 0 Å². The van der Waals surface area contributed by atoms with Crippen molar-refractivity contribution in [1.82, 2.24) is 0 Å². The zero-order chi connectivity index (χ0) is 9.84. The summed E-state index contributed by atoms with van der Waals surface area (Å²) in [5, 5.41) is 9.55. The highest BCUT2D eigenvalue weighted by Crippen LogP contribution is 2.20. The lowest BCUT2D eigenvalue weighted by atomic mass is 10.2. The Hall–Kier alpha value is -1.22. The van der Waals surface area contributed by atoms with Gasteiger partial charge in [-0.05, 0) is 23.8 Å². The van der Waals surface area contributed by atoms with Gasteiger partial charge in [-0.3, -0.25) is 4.79 Å². The Labute approximate surface area is 80.9 Å². The van der Waals surface area contributed by atoms with E-state index in [0.717, 1.165) is 0 Å². The molecule has 0 spiro atoms. The van der Waals surface area contributed by atoms with Gasteiger partial charge in [0.15, 0.2) is 0 Å². The minimum atomic E-state index is -0.362. The number of halogens is 1. The fraction of sp³-hybridized carbons (Fsp3) is 0.222. The summed E-state index contributed by atoms with van der Waals surface area (Å²) in [7, 11) is 0. The van der Waals surface area contributed by atoms with Crippen LogP contribution in [-0.2, 0) is 16.1 Å². The van der Waals surface area contributed by atoms with E-state index in [9.17, 15) is 4.79 Å². The summed E-state index contributed by atoms with van der Waals surface area (Å²) in [4.78, 5) is 10.5. The Morgan fingerprint density at radius 1 is 1.54 bits per heavy atom. The van der Waals surface area contributed by atoms with Gasteiger partial charge in [0, 0.05) is 11.9 Å². The molecule has 1 N–H and O–H groups in total. The van der Waals surface area contributed by atoms with Gasteiger partial charge in [-0.1, -0.05) is 11.6 Å². The Morgan fingerprint density at radius 2 is 2.23 bits per heavy atom. The van der Waals surface area contributed by atoms with Crippen molar-refractivity contribution in [2.24, 2.45) is 0 Å². The van der Waals surface area contributed by atoms with Gasteiger partial charge in [0.1, 0.15) is 12.4 Å². The molecule has 0 aliphatic carbocycles. The minimum Gasteiger partial charge on any atom is -0.508 e. The van der Waals surface area contributed by atoms with E-state index in [1.54, 1.807) is 6.07 Å². The number of esters is 1. The van der Waals surface area contributed by atoms with Crippen LogP contribution in [0.5, 0.6) is 5.75 Å². The lowest BCUT2D eigenvalue weighted by Crippen LogP contribution is -1.98. The van der Waals surface area contributed by atoms with Crippen LogP contribution in [-0.4, -0.2) is 11.1 Å². The van der Waals surface area contributed by atoms with Gasteiger partial charge in [-0.15, -0.1) is 0 Å². The third kappa shape index (κ3) is 3.34. The standard InChI is InChI=1S/C9H9ClO3/c1-6(11)13-5-7-2-8(10)4-9(12)3-7/h2-4,12H,5H2,1H3. The third-order valence-electron chi connectivity index (χ3n) is 1.38. The van der Waals surface area contributed by atoms with E-state index >= 15 is 0 Å². The van der Waals surface area contributed by atoms with Crippen molar-refractivity contribution in [3.05, 3.63) is 28.8 Å². The lowest BCUT2D eigenvalue weighted by molar-refractivity contribution is -0.142. The second-order valence-electron chi connectivity index (χ2n) is 2.60. The maximum absolute atomic E-state index is 10.5. The van der Waals surface area contributed by atoms with Crippen LogP contribution >= 0.6 is 11.6 Å². The fourth-order valence-electron chi connectivity index (χ4n) is 0.902. The number of rotatable bonds is 2. The number of aromatic hydroxyl groups is 1. The van der Waals surface area contributed by atoms with Crippen molar-refractivity contribution in [2.45, 2.75) is 13.5 Å². The molecule has 1 aromatic carbocycles. The number of benzene rings is 1. The number of carbonyl (C=O) groups is 1. The van der Waals surface area contributed by atoms with Gasteiger partial charge < -0.3 is 9.84 Å². The van der Waals surface area contributed by atoms with Crippen LogP contribution in [0, 0.1) is 0 Å². The van der Waals surface area contributed by atoms with Crippen LogP contribution in [0.15, 0.2) is 18.2 Å². The minimum absolute atomic E-state index is 0.0645. The highest BCUT2D eigenvalue weighted by atomic mass is 35.5. The molecular weight excluding hydrogens is 192 g/mol. The van der Waals surface area contributed by atoms with Crippen molar-refractivity contribution < 1.29 is 14.6 Å². The van der Waals surface area contributed by atoms with E-state index in [4.69, 9.17) is 21.4 Å². The van der Waals surface area contributed by atoms with Gasteiger partial charge in [-0.2, -0.15) is 0 Å². The van der Waals surface area contributed by atoms with E-state index in [1.165, 1.54) is 19.1 Å². The molecule has 70 valence electrons. The molecular formula is C9H9ClO3. The van der Waals surface area contributed by atoms with Crippen molar-refractivity contribution in [3.63, 3.8) is 0 Å². The number of ether oxygens (including phenoxy) is 1. The molecule has 0 saturated heterocycles. The van der Waals surface area contributed by atoms with Crippen LogP contribution in [0.25, 0.3) is 0 Å². The smallest absolute Gasteiger partial charge is 0.302 e. The summed E-state index contributed by atoms with van der Waals surface area (Å²) in [5.74, 6) is -0.297. The SMILES string of the molecule is CC(=O)OCc1cc(O)cc(Cl)c1. The molecule has 0 bridgehead atoms. The summed E-state index contributed by atoms with van der Waals surface area (Å²) in [6.45, 7) is 1.45. The second-order valence-corrected chi connectivity index (χ2v) is 3.03. The Morgan fingerprint density at radius 3 is 2.77 bits per heavy atom. The number of carbonyl (C=O) groups excluding carboxylic acids is 1. The van der Waals surface area contributed by atoms with Gasteiger partial charge in [0.2, 0.25) is 0 Å². The van der Waals surface area contributed by atoms with Gasteiger partial charge in [0.05, 0.1) is 0 Å². The van der Waals surface area contributed by atoms with Gasteiger partial charge >= 0.3 is 5.97 Å². The topological polar surface area (TPSA) is 46.5 Å². The summed E-state index contributed by atoms with van der Waals surface area (Å²) in [5.41, 5.74) is 0.667. The summed E-state index contributed by atoms with van der Waals surface area (Å²) in [6, 6.07) is 4.54. The number of hydrogen-bond donors (Lipinski definition) is 1. The molecule has 0 atom stereocenters. The van der Waals surface area contributed by atoms with Crippen LogP contribution in [0.2, 0.25) is 5.02 Å². The first-order valence-electron chi connectivity index (χ1n) is 3.70. The zero-order valence-electron chi connectivity index (χ0n) is 7.08. The van der Waals surface area contributed by atoms with Crippen LogP contribution in [0.3, 0.4) is 0 Å². The van der Waals surface area contributed by atoms with Crippen LogP contribution < -0.4 is 0 Å². The predicted molar refractivity (Wildman–Crippen MR) is 48.6 cm³/mol. The molecule has 0 fully saturated rings. The number of phenolic OH excluding ortho intramolecular Hbond substituents is 1. The number of phenols is 1. The summed E-state index contributed by atoms with van der Waals surface area (Å²) < 4.78 is 4.73. The van der Waals surface area contributed by atoms with E-state index in [1.807, 2.05) is 0 Å². The highest BCUT2D eigenvalue weighted by Gasteiger charge is 2.00. The normalized spacial score (nSPS) is 9.69. The lowest BCUT2D eigenvalue weighted by Gasteiger charge is -2.03. The third-order valence-corrected chi connectivity index (χ3v) is 1.60. The molecule has 0 radical (unpaired) electrons. The molecule has 0 amide bonds. The van der Waals surface area contributed by atoms with Crippen molar-refractivity contribution in [3.8, 4) is 5.75 Å². The largest absolute Gasteiger partial charge is 0.508 e. The summed E-state index contributed by atoms with van der Waals surface area (Å²) >= 11 is 5.66. The van der Waals surface area contributed by atoms with Crippen LogP contribution in [0.4, 0.5) is 0 Å². The van der Waals surface area contributed by atoms with E-state index in [2.05, 4.69) is 0 Å². The number of hydrogen-bond acceptors (Lipinski definition) is 3. The highest BCUT2D eigenvalue weighted by molar-refractivity contribution is 6.30. The molecule has 13 heavy (non-hydrogen) atoms. The molecule has 0 aliphatic heterocycles. The van der Waals surface area contributed by atoms with E-state index < -0.39 is 0 Å². The monoisotopic (exact) mass is 200 g/mol. The average Bonchev–Trinajstić information content (AvgIpc) is 1.99. The second kappa shape index (κ2) is 4.14. The van der Waals surface area contributed by atoms with Crippen molar-refractivity contribution in [2.75, 3.05) is 0 Å². The van der Waals surface area contributed by atoms with Gasteiger partial charge in [-0.25, -0.2) is 0 Å². The molecule has 0 unspecified atom stereocenters. The molecule has 1 rings (SSSR count). The van der Waals surface area contributed by atoms with Gasteiger partial charge in [0.25, 0.3) is 0 Å². The molecule has 0 saturated carbocycles. The predicted octanol–water partition coefficient (Wildman–Crippen LogP) is 2.11. The molecule has 0 aromatic heterocycles. The van der Waals surface area contributed by atoms with Crippen molar-refractivity contribution >= 4 is 17.6 Å². The Balaban J connectivity index is 2.71. The quantitative estimate of drug-likeness (QED) is 0.744. The average molecular weight is 201 g/mol. The molecule has 1 aromatic rings. The first-order chi connectivity index (χ1) is 6.08. The Bertz CT molecular complexity index is 302. The zero-order valence-corrected chi connectivity index (χ0v) is 7.84. The first-order valence-corrected chi connectivity index (χ1v) is 4.07. The van der Waals surface area contributed by atoms with Crippen LogP contribution in [0.1, 0.15) is 12.5 Å². The summed E-state index contributed by atoms with van der Waals surface area (Å²) in [6.07, 6.45) is 0. The molecule has 0 aliphatic rings. The van der Waals surface area contributed by atoms with E-state index in [0.29, 0.717) is 10.6 Å². The maximum atomic E-state index is 10.5. The molecule has 4 heteroatoms.